The van der Waals surface area contributed by atoms with Crippen molar-refractivity contribution in [2.75, 3.05) is 17.8 Å². The molecule has 0 aliphatic rings. The molecule has 1 aromatic rings. The quantitative estimate of drug-likeness (QED) is 0.843. The third-order valence-electron chi connectivity index (χ3n) is 2.30. The van der Waals surface area contributed by atoms with Gasteiger partial charge in [0.15, 0.2) is 21.5 Å². The maximum atomic E-state index is 13.5. The maximum Gasteiger partial charge on any atom is 0.335 e. The number of hydrogen-bond donors (Lipinski definition) is 1. The molecule has 0 saturated heterocycles. The highest BCUT2D eigenvalue weighted by atomic mass is 32.2. The molecule has 0 fully saturated rings. The van der Waals surface area contributed by atoms with E-state index in [1.807, 2.05) is 0 Å². The molecule has 1 rings (SSSR count). The largest absolute Gasteiger partial charge is 0.478 e. The molecule has 0 bridgehead atoms. The van der Waals surface area contributed by atoms with Gasteiger partial charge in [0.1, 0.15) is 14.7 Å². The Morgan fingerprint density at radius 1 is 1.15 bits per heavy atom. The normalized spacial score (nSPS) is 12.3. The van der Waals surface area contributed by atoms with Crippen LogP contribution in [0.5, 0.6) is 0 Å². The van der Waals surface area contributed by atoms with E-state index in [-0.39, 0.29) is 0 Å². The average Bonchev–Trinajstić information content (AvgIpc) is 2.28. The van der Waals surface area contributed by atoms with Crippen molar-refractivity contribution in [2.24, 2.45) is 0 Å². The Kier molecular flexibility index (Phi) is 4.49. The summed E-state index contributed by atoms with van der Waals surface area (Å²) < 4.78 is 72.0. The van der Waals surface area contributed by atoms with Gasteiger partial charge < -0.3 is 5.11 Å². The van der Waals surface area contributed by atoms with Crippen molar-refractivity contribution in [3.8, 4) is 0 Å². The second-order valence-corrected chi connectivity index (χ2v) is 8.36. The molecule has 10 heteroatoms. The zero-order valence-corrected chi connectivity index (χ0v) is 11.8. The van der Waals surface area contributed by atoms with Crippen LogP contribution in [-0.2, 0) is 19.7 Å². The van der Waals surface area contributed by atoms with Crippen LogP contribution in [0.15, 0.2) is 17.0 Å². The summed E-state index contributed by atoms with van der Waals surface area (Å²) in [4.78, 5) is 9.51. The van der Waals surface area contributed by atoms with Gasteiger partial charge >= 0.3 is 5.97 Å². The molecular formula is C10H10F2O6S2. The third-order valence-corrected chi connectivity index (χ3v) is 5.21. The van der Waals surface area contributed by atoms with Crippen LogP contribution in [-0.4, -0.2) is 45.7 Å². The first-order valence-corrected chi connectivity index (χ1v) is 8.78. The number of carbonyl (C=O) groups is 1. The lowest BCUT2D eigenvalue weighted by molar-refractivity contribution is 0.0696. The van der Waals surface area contributed by atoms with E-state index in [4.69, 9.17) is 5.11 Å². The van der Waals surface area contributed by atoms with Gasteiger partial charge in [0.2, 0.25) is 0 Å². The van der Waals surface area contributed by atoms with Crippen molar-refractivity contribution < 1.29 is 35.5 Å². The molecule has 0 saturated carbocycles. The SMILES string of the molecule is CS(=O)(=O)CCS(=O)(=O)c1cc(C(=O)O)cc(F)c1F. The van der Waals surface area contributed by atoms with Crippen molar-refractivity contribution in [3.63, 3.8) is 0 Å². The molecule has 0 radical (unpaired) electrons. The molecule has 0 aliphatic carbocycles. The fourth-order valence-corrected chi connectivity index (χ4v) is 4.27. The van der Waals surface area contributed by atoms with E-state index in [0.29, 0.717) is 12.1 Å². The summed E-state index contributed by atoms with van der Waals surface area (Å²) in [7, 11) is -8.09. The highest BCUT2D eigenvalue weighted by Gasteiger charge is 2.25. The number of carboxylic acids is 1. The van der Waals surface area contributed by atoms with Crippen LogP contribution in [0.2, 0.25) is 0 Å². The molecule has 0 amide bonds. The molecular weight excluding hydrogens is 318 g/mol. The number of carboxylic acid groups (broad SMARTS) is 1. The van der Waals surface area contributed by atoms with Crippen molar-refractivity contribution in [3.05, 3.63) is 29.3 Å². The Labute approximate surface area is 113 Å². The Morgan fingerprint density at radius 2 is 1.70 bits per heavy atom. The molecule has 112 valence electrons. The maximum absolute atomic E-state index is 13.5. The van der Waals surface area contributed by atoms with E-state index in [0.717, 1.165) is 6.26 Å². The van der Waals surface area contributed by atoms with Gasteiger partial charge in [-0.2, -0.15) is 0 Å². The van der Waals surface area contributed by atoms with Crippen LogP contribution >= 0.6 is 0 Å². The summed E-state index contributed by atoms with van der Waals surface area (Å²) in [5.74, 6) is -6.76. The van der Waals surface area contributed by atoms with Gasteiger partial charge in [-0.15, -0.1) is 0 Å². The molecule has 20 heavy (non-hydrogen) atoms. The minimum Gasteiger partial charge on any atom is -0.478 e. The lowest BCUT2D eigenvalue weighted by atomic mass is 10.2. The zero-order chi connectivity index (χ0) is 15.7. The van der Waals surface area contributed by atoms with Crippen LogP contribution in [0.25, 0.3) is 0 Å². The first-order valence-electron chi connectivity index (χ1n) is 5.07. The smallest absolute Gasteiger partial charge is 0.335 e. The topological polar surface area (TPSA) is 106 Å². The van der Waals surface area contributed by atoms with Crippen molar-refractivity contribution in [1.29, 1.82) is 0 Å². The second kappa shape index (κ2) is 5.44. The average molecular weight is 328 g/mol. The number of benzene rings is 1. The van der Waals surface area contributed by atoms with Gasteiger partial charge in [0, 0.05) is 6.26 Å². The summed E-state index contributed by atoms with van der Waals surface area (Å²) in [6.45, 7) is 0. The molecule has 1 aromatic carbocycles. The fraction of sp³-hybridized carbons (Fsp3) is 0.300. The summed E-state index contributed by atoms with van der Waals surface area (Å²) >= 11 is 0. The van der Waals surface area contributed by atoms with Crippen molar-refractivity contribution >= 4 is 25.6 Å². The van der Waals surface area contributed by atoms with Crippen molar-refractivity contribution in [1.82, 2.24) is 0 Å². The Morgan fingerprint density at radius 3 is 2.15 bits per heavy atom. The predicted octanol–water partition coefficient (Wildman–Crippen LogP) is 0.481. The number of rotatable bonds is 5. The highest BCUT2D eigenvalue weighted by Crippen LogP contribution is 2.21. The molecule has 0 heterocycles. The standard InChI is InChI=1S/C10H10F2O6S2/c1-19(15,16)2-3-20(17,18)8-5-6(10(13)14)4-7(11)9(8)12/h4-5H,2-3H2,1H3,(H,13,14). The summed E-state index contributed by atoms with van der Waals surface area (Å²) in [6, 6.07) is 0.797. The molecule has 0 aliphatic heterocycles. The number of aromatic carboxylic acids is 1. The monoisotopic (exact) mass is 328 g/mol. The highest BCUT2D eigenvalue weighted by molar-refractivity contribution is 7.94. The summed E-state index contributed by atoms with van der Waals surface area (Å²) in [6.07, 6.45) is 0.785. The van der Waals surface area contributed by atoms with Gasteiger partial charge in [-0.05, 0) is 12.1 Å². The van der Waals surface area contributed by atoms with E-state index in [1.54, 1.807) is 0 Å². The Hall–Kier alpha value is -1.55. The van der Waals surface area contributed by atoms with Crippen LogP contribution in [0.4, 0.5) is 8.78 Å². The van der Waals surface area contributed by atoms with E-state index in [1.165, 1.54) is 0 Å². The minimum atomic E-state index is -4.46. The zero-order valence-electron chi connectivity index (χ0n) is 10.1. The number of sulfone groups is 2. The second-order valence-electron chi connectivity index (χ2n) is 4.02. The lowest BCUT2D eigenvalue weighted by Gasteiger charge is -2.07. The summed E-state index contributed by atoms with van der Waals surface area (Å²) in [5.41, 5.74) is -0.748. The third kappa shape index (κ3) is 3.97. The lowest BCUT2D eigenvalue weighted by Crippen LogP contribution is -2.18. The van der Waals surface area contributed by atoms with Gasteiger partial charge in [0.05, 0.1) is 17.1 Å². The molecule has 6 nitrogen and oxygen atoms in total. The van der Waals surface area contributed by atoms with Crippen LogP contribution < -0.4 is 0 Å². The van der Waals surface area contributed by atoms with E-state index >= 15 is 0 Å². The van der Waals surface area contributed by atoms with Gasteiger partial charge in [-0.25, -0.2) is 30.4 Å². The first kappa shape index (κ1) is 16.5. The molecule has 1 N–H and O–H groups in total. The Bertz CT molecular complexity index is 752. The number of hydrogen-bond acceptors (Lipinski definition) is 5. The Balaban J connectivity index is 3.34. The van der Waals surface area contributed by atoms with Gasteiger partial charge in [0.25, 0.3) is 0 Å². The van der Waals surface area contributed by atoms with Crippen LogP contribution in [0, 0.1) is 11.6 Å². The summed E-state index contributed by atoms with van der Waals surface area (Å²) in [5, 5.41) is 8.67. The minimum absolute atomic E-state index is 0.341. The van der Waals surface area contributed by atoms with Gasteiger partial charge in [-0.3, -0.25) is 0 Å². The van der Waals surface area contributed by atoms with Crippen LogP contribution in [0.1, 0.15) is 10.4 Å². The molecule has 0 unspecified atom stereocenters. The van der Waals surface area contributed by atoms with E-state index in [2.05, 4.69) is 0 Å². The molecule has 0 atom stereocenters. The first-order chi connectivity index (χ1) is 8.94. The van der Waals surface area contributed by atoms with Crippen molar-refractivity contribution in [2.45, 2.75) is 4.90 Å². The fourth-order valence-electron chi connectivity index (χ4n) is 1.28. The predicted molar refractivity (Wildman–Crippen MR) is 65.1 cm³/mol. The molecule has 0 aromatic heterocycles. The number of halogens is 2. The van der Waals surface area contributed by atoms with E-state index < -0.39 is 59.2 Å². The van der Waals surface area contributed by atoms with Crippen LogP contribution in [0.3, 0.4) is 0 Å². The van der Waals surface area contributed by atoms with E-state index in [9.17, 15) is 30.4 Å². The van der Waals surface area contributed by atoms with Gasteiger partial charge in [-0.1, -0.05) is 0 Å². The molecule has 0 spiro atoms.